The second-order valence-electron chi connectivity index (χ2n) is 5.04. The summed E-state index contributed by atoms with van der Waals surface area (Å²) in [4.78, 5) is 28.6. The zero-order valence-electron chi connectivity index (χ0n) is 12.3. The first-order valence-electron chi connectivity index (χ1n) is 6.98. The third-order valence-electron chi connectivity index (χ3n) is 3.39. The van der Waals surface area contributed by atoms with E-state index in [1.54, 1.807) is 29.8 Å². The largest absolute Gasteiger partial charge is 0.350 e. The molecule has 0 N–H and O–H groups in total. The van der Waals surface area contributed by atoms with Crippen molar-refractivity contribution in [3.8, 4) is 6.07 Å². The summed E-state index contributed by atoms with van der Waals surface area (Å²) in [6, 6.07) is 7.24. The van der Waals surface area contributed by atoms with Gasteiger partial charge in [0.05, 0.1) is 12.6 Å². The maximum atomic E-state index is 12.3. The molecule has 0 aromatic carbocycles. The zero-order valence-corrected chi connectivity index (χ0v) is 13.2. The van der Waals surface area contributed by atoms with Crippen molar-refractivity contribution >= 4 is 22.8 Å². The molecular weight excluding hydrogens is 314 g/mol. The predicted molar refractivity (Wildman–Crippen MR) is 84.3 cm³/mol. The molecule has 3 aromatic heterocycles. The van der Waals surface area contributed by atoms with E-state index in [2.05, 4.69) is 10.1 Å². The molecule has 1 atom stereocenters. The molecule has 0 spiro atoms. The van der Waals surface area contributed by atoms with Gasteiger partial charge in [0.2, 0.25) is 0 Å². The van der Waals surface area contributed by atoms with Gasteiger partial charge in [0.15, 0.2) is 17.3 Å². The van der Waals surface area contributed by atoms with Crippen LogP contribution in [0.15, 0.2) is 34.6 Å². The summed E-state index contributed by atoms with van der Waals surface area (Å²) in [5.74, 6) is -1.15. The first-order valence-corrected chi connectivity index (χ1v) is 7.86. The lowest BCUT2D eigenvalue weighted by Crippen LogP contribution is -2.23. The third kappa shape index (κ3) is 2.91. The van der Waals surface area contributed by atoms with E-state index >= 15 is 0 Å². The van der Waals surface area contributed by atoms with Crippen LogP contribution >= 0.6 is 11.3 Å². The van der Waals surface area contributed by atoms with Crippen molar-refractivity contribution in [2.24, 2.45) is 0 Å². The van der Waals surface area contributed by atoms with Crippen LogP contribution in [-0.4, -0.2) is 24.9 Å². The summed E-state index contributed by atoms with van der Waals surface area (Å²) in [5, 5.41) is 15.7. The summed E-state index contributed by atoms with van der Waals surface area (Å²) >= 11 is 1.30. The van der Waals surface area contributed by atoms with Gasteiger partial charge in [-0.25, -0.2) is 14.5 Å². The fourth-order valence-corrected chi connectivity index (χ4v) is 3.10. The number of rotatable bonds is 5. The van der Waals surface area contributed by atoms with Crippen molar-refractivity contribution in [2.45, 2.75) is 25.8 Å². The molecule has 23 heavy (non-hydrogen) atoms. The molecule has 1 unspecified atom stereocenters. The van der Waals surface area contributed by atoms with Crippen LogP contribution in [0.1, 0.15) is 23.0 Å². The molecule has 3 rings (SSSR count). The van der Waals surface area contributed by atoms with Crippen molar-refractivity contribution < 1.29 is 4.79 Å². The number of pyridine rings is 1. The lowest BCUT2D eigenvalue weighted by Gasteiger charge is -2.04. The molecule has 0 fully saturated rings. The molecule has 0 aliphatic heterocycles. The first kappa shape index (κ1) is 15.1. The van der Waals surface area contributed by atoms with E-state index in [4.69, 9.17) is 0 Å². The Morgan fingerprint density at radius 2 is 2.30 bits per heavy atom. The monoisotopic (exact) mass is 327 g/mol. The van der Waals surface area contributed by atoms with Gasteiger partial charge >= 0.3 is 5.69 Å². The standard InChI is InChI=1S/C15H13N5O2S/c1-10-9-23-14(17-10)11(8-16)12(21)5-7-20-15(22)19-6-3-2-4-13(19)18-20/h2-4,6,9,11H,5,7H2,1H3. The number of aromatic nitrogens is 4. The summed E-state index contributed by atoms with van der Waals surface area (Å²) in [6.45, 7) is 1.96. The number of fused-ring (bicyclic) bond motifs is 1. The molecule has 3 aromatic rings. The van der Waals surface area contributed by atoms with Crippen LogP contribution in [0, 0.1) is 18.3 Å². The Balaban J connectivity index is 1.76. The molecular formula is C15H13N5O2S. The molecule has 0 bridgehead atoms. The summed E-state index contributed by atoms with van der Waals surface area (Å²) in [5.41, 5.74) is 1.01. The number of hydrogen-bond acceptors (Lipinski definition) is 6. The van der Waals surface area contributed by atoms with Gasteiger partial charge in [0.1, 0.15) is 5.01 Å². The number of thiazole rings is 1. The average Bonchev–Trinajstić information content (AvgIpc) is 3.11. The SMILES string of the molecule is Cc1csc(C(C#N)C(=O)CCn2nc3ccccn3c2=O)n1. The van der Waals surface area contributed by atoms with E-state index in [-0.39, 0.29) is 24.4 Å². The van der Waals surface area contributed by atoms with Crippen molar-refractivity contribution in [1.29, 1.82) is 5.26 Å². The van der Waals surface area contributed by atoms with Gasteiger partial charge in [0.25, 0.3) is 0 Å². The number of nitriles is 1. The number of aryl methyl sites for hydroxylation is 2. The Kier molecular flexibility index (Phi) is 4.04. The maximum absolute atomic E-state index is 12.3. The molecule has 0 saturated carbocycles. The quantitative estimate of drug-likeness (QED) is 0.708. The molecule has 0 aliphatic carbocycles. The highest BCUT2D eigenvalue weighted by atomic mass is 32.1. The van der Waals surface area contributed by atoms with Crippen molar-refractivity contribution in [1.82, 2.24) is 19.2 Å². The van der Waals surface area contributed by atoms with Crippen molar-refractivity contribution in [2.75, 3.05) is 0 Å². The number of carbonyl (C=O) groups excluding carboxylic acids is 1. The number of nitrogens with zero attached hydrogens (tertiary/aromatic N) is 5. The lowest BCUT2D eigenvalue weighted by atomic mass is 10.0. The molecule has 7 nitrogen and oxygen atoms in total. The number of ketones is 1. The fourth-order valence-electron chi connectivity index (χ4n) is 2.24. The van der Waals surface area contributed by atoms with Crippen LogP contribution < -0.4 is 5.69 Å². The number of carbonyl (C=O) groups is 1. The second-order valence-corrected chi connectivity index (χ2v) is 5.93. The second kappa shape index (κ2) is 6.14. The minimum absolute atomic E-state index is 0.0562. The Morgan fingerprint density at radius 1 is 1.48 bits per heavy atom. The fraction of sp³-hybridized carbons (Fsp3) is 0.267. The average molecular weight is 327 g/mol. The minimum Gasteiger partial charge on any atom is -0.298 e. The van der Waals surface area contributed by atoms with Crippen LogP contribution in [0.2, 0.25) is 0 Å². The number of hydrogen-bond donors (Lipinski definition) is 0. The Morgan fingerprint density at radius 3 is 2.96 bits per heavy atom. The Hall–Kier alpha value is -2.79. The highest BCUT2D eigenvalue weighted by Crippen LogP contribution is 2.21. The Labute approximate surface area is 135 Å². The summed E-state index contributed by atoms with van der Waals surface area (Å²) in [6.07, 6.45) is 1.68. The van der Waals surface area contributed by atoms with Gasteiger partial charge in [-0.3, -0.25) is 9.20 Å². The summed E-state index contributed by atoms with van der Waals surface area (Å²) in [7, 11) is 0. The molecule has 0 radical (unpaired) electrons. The highest BCUT2D eigenvalue weighted by Gasteiger charge is 2.23. The molecule has 116 valence electrons. The van der Waals surface area contributed by atoms with Gasteiger partial charge in [-0.05, 0) is 19.1 Å². The molecule has 0 amide bonds. The van der Waals surface area contributed by atoms with Gasteiger partial charge < -0.3 is 0 Å². The van der Waals surface area contributed by atoms with E-state index in [0.29, 0.717) is 10.7 Å². The van der Waals surface area contributed by atoms with Crippen LogP contribution in [0.4, 0.5) is 0 Å². The zero-order chi connectivity index (χ0) is 16.4. The van der Waals surface area contributed by atoms with Gasteiger partial charge in [0, 0.05) is 23.7 Å². The lowest BCUT2D eigenvalue weighted by molar-refractivity contribution is -0.119. The topological polar surface area (TPSA) is 93.0 Å². The minimum atomic E-state index is -0.888. The van der Waals surface area contributed by atoms with E-state index < -0.39 is 5.92 Å². The molecule has 0 saturated heterocycles. The van der Waals surface area contributed by atoms with Gasteiger partial charge in [-0.1, -0.05) is 6.07 Å². The predicted octanol–water partition coefficient (Wildman–Crippen LogP) is 1.53. The van der Waals surface area contributed by atoms with Crippen LogP contribution in [-0.2, 0) is 11.3 Å². The highest BCUT2D eigenvalue weighted by molar-refractivity contribution is 7.09. The van der Waals surface area contributed by atoms with Crippen molar-refractivity contribution in [3.63, 3.8) is 0 Å². The van der Waals surface area contributed by atoms with Crippen molar-refractivity contribution in [3.05, 3.63) is 51.0 Å². The van der Waals surface area contributed by atoms with Crippen LogP contribution in [0.25, 0.3) is 5.65 Å². The van der Waals surface area contributed by atoms with Crippen LogP contribution in [0.3, 0.4) is 0 Å². The third-order valence-corrected chi connectivity index (χ3v) is 4.42. The van der Waals surface area contributed by atoms with Gasteiger partial charge in [-0.2, -0.15) is 5.26 Å². The van der Waals surface area contributed by atoms with Crippen LogP contribution in [0.5, 0.6) is 0 Å². The number of Topliss-reactive ketones (excluding diaryl/α,β-unsaturated/α-hetero) is 1. The molecule has 8 heteroatoms. The molecule has 3 heterocycles. The summed E-state index contributed by atoms with van der Waals surface area (Å²) < 4.78 is 2.66. The smallest absolute Gasteiger partial charge is 0.298 e. The molecule has 0 aliphatic rings. The normalized spacial score (nSPS) is 12.2. The van der Waals surface area contributed by atoms with E-state index in [0.717, 1.165) is 5.69 Å². The maximum Gasteiger partial charge on any atom is 0.350 e. The van der Waals surface area contributed by atoms with E-state index in [9.17, 15) is 14.9 Å². The first-order chi connectivity index (χ1) is 11.1. The Bertz CT molecular complexity index is 962. The van der Waals surface area contributed by atoms with E-state index in [1.807, 2.05) is 13.0 Å². The van der Waals surface area contributed by atoms with E-state index in [1.165, 1.54) is 20.4 Å². The van der Waals surface area contributed by atoms with Gasteiger partial charge in [-0.15, -0.1) is 16.4 Å².